The molecule has 1 atom stereocenters. The van der Waals surface area contributed by atoms with E-state index in [1.165, 1.54) is 19.1 Å². The van der Waals surface area contributed by atoms with Crippen LogP contribution in [0, 0.1) is 10.1 Å². The van der Waals surface area contributed by atoms with Crippen molar-refractivity contribution < 1.29 is 23.2 Å². The van der Waals surface area contributed by atoms with Crippen LogP contribution >= 0.6 is 0 Å². The van der Waals surface area contributed by atoms with E-state index in [9.17, 15) is 23.3 Å². The third-order valence-corrected chi connectivity index (χ3v) is 3.87. The number of para-hydroxylation sites is 1. The smallest absolute Gasteiger partial charge is 0.321 e. The molecule has 0 heterocycles. The number of carboxylic acids is 1. The lowest BCUT2D eigenvalue weighted by atomic mass is 10.2. The van der Waals surface area contributed by atoms with Crippen molar-refractivity contribution in [2.75, 3.05) is 0 Å². The summed E-state index contributed by atoms with van der Waals surface area (Å²) >= 11 is 0. The number of hydrogen-bond acceptors (Lipinski definition) is 5. The van der Waals surface area contributed by atoms with E-state index < -0.39 is 37.5 Å². The number of aliphatic carboxylic acids is 1. The van der Waals surface area contributed by atoms with Crippen LogP contribution in [0.3, 0.4) is 0 Å². The van der Waals surface area contributed by atoms with Crippen LogP contribution in [0.25, 0.3) is 0 Å². The second kappa shape index (κ2) is 5.76. The van der Waals surface area contributed by atoms with Crippen LogP contribution in [0.5, 0.6) is 0 Å². The lowest BCUT2D eigenvalue weighted by Gasteiger charge is -2.12. The minimum absolute atomic E-state index is 0.0230. The zero-order chi connectivity index (χ0) is 14.6. The quantitative estimate of drug-likeness (QED) is 0.587. The van der Waals surface area contributed by atoms with Crippen molar-refractivity contribution in [1.29, 1.82) is 0 Å². The zero-order valence-corrected chi connectivity index (χ0v) is 10.8. The van der Waals surface area contributed by atoms with Gasteiger partial charge in [-0.15, -0.1) is 0 Å². The molecule has 0 aromatic heterocycles. The highest BCUT2D eigenvalue weighted by Gasteiger charge is 2.29. The highest BCUT2D eigenvalue weighted by atomic mass is 32.2. The summed E-state index contributed by atoms with van der Waals surface area (Å²) in [6, 6.07) is 3.41. The third kappa shape index (κ3) is 3.48. The van der Waals surface area contributed by atoms with E-state index in [-0.39, 0.29) is 6.42 Å². The van der Waals surface area contributed by atoms with Gasteiger partial charge in [0, 0.05) is 6.07 Å². The number of carbonyl (C=O) groups is 1. The van der Waals surface area contributed by atoms with E-state index in [2.05, 4.69) is 0 Å². The molecule has 1 aromatic carbocycles. The molecule has 0 saturated carbocycles. The van der Waals surface area contributed by atoms with Gasteiger partial charge in [-0.05, 0) is 12.5 Å². The normalized spacial score (nSPS) is 12.9. The molecule has 0 bridgehead atoms. The summed E-state index contributed by atoms with van der Waals surface area (Å²) < 4.78 is 25.8. The van der Waals surface area contributed by atoms with E-state index >= 15 is 0 Å². The van der Waals surface area contributed by atoms with Crippen LogP contribution < -0.4 is 4.72 Å². The first kappa shape index (κ1) is 15.1. The van der Waals surface area contributed by atoms with Gasteiger partial charge in [0.1, 0.15) is 6.04 Å². The van der Waals surface area contributed by atoms with Crippen molar-refractivity contribution in [3.63, 3.8) is 0 Å². The van der Waals surface area contributed by atoms with Gasteiger partial charge in [0.15, 0.2) is 4.90 Å². The fraction of sp³-hybridized carbons (Fsp3) is 0.300. The van der Waals surface area contributed by atoms with Crippen LogP contribution in [0.2, 0.25) is 0 Å². The Kier molecular flexibility index (Phi) is 4.57. The summed E-state index contributed by atoms with van der Waals surface area (Å²) in [4.78, 5) is 20.2. The summed E-state index contributed by atoms with van der Waals surface area (Å²) in [5.41, 5.74) is -0.602. The monoisotopic (exact) mass is 288 g/mol. The van der Waals surface area contributed by atoms with Crippen LogP contribution in [0.15, 0.2) is 29.2 Å². The maximum absolute atomic E-state index is 12.0. The van der Waals surface area contributed by atoms with Gasteiger partial charge < -0.3 is 5.11 Å². The highest BCUT2D eigenvalue weighted by molar-refractivity contribution is 7.89. The van der Waals surface area contributed by atoms with Crippen LogP contribution in [-0.2, 0) is 14.8 Å². The second-order valence-corrected chi connectivity index (χ2v) is 5.33. The molecule has 19 heavy (non-hydrogen) atoms. The van der Waals surface area contributed by atoms with Gasteiger partial charge in [0.05, 0.1) is 4.92 Å². The number of nitrogens with one attached hydrogen (secondary N) is 1. The maximum Gasteiger partial charge on any atom is 0.321 e. The molecule has 0 aliphatic heterocycles. The Bertz CT molecular complexity index is 598. The predicted molar refractivity (Wildman–Crippen MR) is 65.1 cm³/mol. The van der Waals surface area contributed by atoms with E-state index in [4.69, 9.17) is 5.11 Å². The van der Waals surface area contributed by atoms with Gasteiger partial charge in [-0.1, -0.05) is 19.1 Å². The molecule has 8 nitrogen and oxygen atoms in total. The summed E-state index contributed by atoms with van der Waals surface area (Å²) in [7, 11) is -4.26. The minimum atomic E-state index is -4.26. The lowest BCUT2D eigenvalue weighted by molar-refractivity contribution is -0.387. The molecule has 0 spiro atoms. The molecule has 0 aliphatic rings. The molecule has 0 unspecified atom stereocenters. The number of nitro benzene ring substituents is 1. The van der Waals surface area contributed by atoms with Gasteiger partial charge in [0.25, 0.3) is 5.69 Å². The number of sulfonamides is 1. The van der Waals surface area contributed by atoms with Crippen molar-refractivity contribution in [3.05, 3.63) is 34.4 Å². The molecule has 0 saturated heterocycles. The standard InChI is InChI=1S/C10H12N2O6S/c1-2-7(10(13)14)11-19(17,18)9-6-4-3-5-8(9)12(15)16/h3-7,11H,2H2,1H3,(H,13,14)/t7-/m1/s1. The average molecular weight is 288 g/mol. The zero-order valence-electron chi connectivity index (χ0n) is 9.94. The second-order valence-electron chi connectivity index (χ2n) is 3.65. The predicted octanol–water partition coefficient (Wildman–Crippen LogP) is 0.736. The van der Waals surface area contributed by atoms with Crippen molar-refractivity contribution >= 4 is 21.7 Å². The summed E-state index contributed by atoms with van der Waals surface area (Å²) in [6.45, 7) is 1.49. The molecular formula is C10H12N2O6S. The van der Waals surface area contributed by atoms with Crippen molar-refractivity contribution in [2.24, 2.45) is 0 Å². The highest BCUT2D eigenvalue weighted by Crippen LogP contribution is 2.23. The van der Waals surface area contributed by atoms with Crippen molar-refractivity contribution in [2.45, 2.75) is 24.3 Å². The molecule has 0 aliphatic carbocycles. The number of benzene rings is 1. The fourth-order valence-electron chi connectivity index (χ4n) is 1.39. The molecule has 1 aromatic rings. The summed E-state index contributed by atoms with van der Waals surface area (Å²) in [5.74, 6) is -1.34. The van der Waals surface area contributed by atoms with E-state index in [0.29, 0.717) is 0 Å². The van der Waals surface area contributed by atoms with Crippen LogP contribution in [-0.4, -0.2) is 30.5 Å². The average Bonchev–Trinajstić information content (AvgIpc) is 2.35. The van der Waals surface area contributed by atoms with Crippen molar-refractivity contribution in [1.82, 2.24) is 4.72 Å². The Morgan fingerprint density at radius 1 is 1.47 bits per heavy atom. The Morgan fingerprint density at radius 3 is 2.53 bits per heavy atom. The molecule has 1 rings (SSSR count). The van der Waals surface area contributed by atoms with E-state index in [0.717, 1.165) is 12.1 Å². The van der Waals surface area contributed by atoms with Crippen LogP contribution in [0.4, 0.5) is 5.69 Å². The van der Waals surface area contributed by atoms with Gasteiger partial charge in [-0.2, -0.15) is 4.72 Å². The molecule has 0 radical (unpaired) electrons. The molecule has 104 valence electrons. The SMILES string of the molecule is CC[C@@H](NS(=O)(=O)c1ccccc1[N+](=O)[O-])C(=O)O. The Morgan fingerprint density at radius 2 is 2.05 bits per heavy atom. The number of hydrogen-bond donors (Lipinski definition) is 2. The first-order valence-corrected chi connectivity index (χ1v) is 6.76. The van der Waals surface area contributed by atoms with Gasteiger partial charge >= 0.3 is 5.97 Å². The largest absolute Gasteiger partial charge is 0.480 e. The first-order chi connectivity index (χ1) is 8.79. The van der Waals surface area contributed by atoms with E-state index in [1.807, 2.05) is 4.72 Å². The van der Waals surface area contributed by atoms with Gasteiger partial charge in [0.2, 0.25) is 10.0 Å². The van der Waals surface area contributed by atoms with Crippen molar-refractivity contribution in [3.8, 4) is 0 Å². The first-order valence-electron chi connectivity index (χ1n) is 5.28. The Labute approximate surface area is 109 Å². The number of carboxylic acid groups (broad SMARTS) is 1. The Balaban J connectivity index is 3.21. The number of nitrogens with zero attached hydrogens (tertiary/aromatic N) is 1. The maximum atomic E-state index is 12.0. The molecule has 0 amide bonds. The van der Waals surface area contributed by atoms with E-state index in [1.54, 1.807) is 0 Å². The third-order valence-electron chi connectivity index (χ3n) is 2.36. The molecule has 2 N–H and O–H groups in total. The summed E-state index contributed by atoms with van der Waals surface area (Å²) in [5, 5.41) is 19.6. The molecular weight excluding hydrogens is 276 g/mol. The molecule has 0 fully saturated rings. The fourth-order valence-corrected chi connectivity index (χ4v) is 2.84. The van der Waals surface area contributed by atoms with Gasteiger partial charge in [-0.25, -0.2) is 8.42 Å². The Hall–Kier alpha value is -2.00. The molecule has 9 heteroatoms. The van der Waals surface area contributed by atoms with Gasteiger partial charge in [-0.3, -0.25) is 14.9 Å². The number of rotatable bonds is 6. The lowest BCUT2D eigenvalue weighted by Crippen LogP contribution is -2.40. The van der Waals surface area contributed by atoms with Crippen LogP contribution in [0.1, 0.15) is 13.3 Å². The number of nitro groups is 1. The minimum Gasteiger partial charge on any atom is -0.480 e. The summed E-state index contributed by atoms with van der Waals surface area (Å²) in [6.07, 6.45) is 0.0230. The topological polar surface area (TPSA) is 127 Å².